The molecule has 0 aliphatic heterocycles. The highest BCUT2D eigenvalue weighted by Gasteiger charge is 2.59. The zero-order valence-electron chi connectivity index (χ0n) is 22.4. The van der Waals surface area contributed by atoms with Crippen LogP contribution in [0.15, 0.2) is 23.8 Å². The molecule has 0 aromatic carbocycles. The number of fused-ring (bicyclic) bond motifs is 5. The topological polar surface area (TPSA) is 26.3 Å². The van der Waals surface area contributed by atoms with Crippen molar-refractivity contribution in [2.24, 2.45) is 46.3 Å². The van der Waals surface area contributed by atoms with Crippen LogP contribution in [0, 0.1) is 46.3 Å². The minimum Gasteiger partial charge on any atom is -0.462 e. The Morgan fingerprint density at radius 3 is 2.64 bits per heavy atom. The zero-order chi connectivity index (χ0) is 23.8. The van der Waals surface area contributed by atoms with Crippen molar-refractivity contribution in [3.63, 3.8) is 0 Å². The second-order valence-corrected chi connectivity index (χ2v) is 13.0. The van der Waals surface area contributed by atoms with E-state index in [4.69, 9.17) is 4.74 Å². The van der Waals surface area contributed by atoms with E-state index in [-0.39, 0.29) is 12.1 Å². The second kappa shape index (κ2) is 9.90. The van der Waals surface area contributed by atoms with Gasteiger partial charge < -0.3 is 4.74 Å². The van der Waals surface area contributed by atoms with Gasteiger partial charge in [-0.25, -0.2) is 0 Å². The van der Waals surface area contributed by atoms with Gasteiger partial charge in [0.15, 0.2) is 0 Å². The number of ether oxygens (including phenoxy) is 1. The predicted molar refractivity (Wildman–Crippen MR) is 138 cm³/mol. The molecule has 0 aromatic rings. The number of carbonyl (C=O) groups is 1. The molecule has 186 valence electrons. The molecule has 3 saturated carbocycles. The van der Waals surface area contributed by atoms with Gasteiger partial charge in [-0.15, -0.1) is 0 Å². The van der Waals surface area contributed by atoms with Gasteiger partial charge in [-0.2, -0.15) is 0 Å². The average Bonchev–Trinajstić information content (AvgIpc) is 3.11. The van der Waals surface area contributed by atoms with Crippen molar-refractivity contribution in [1.29, 1.82) is 0 Å². The summed E-state index contributed by atoms with van der Waals surface area (Å²) in [5.74, 6) is 4.87. The minimum absolute atomic E-state index is 0.00221. The van der Waals surface area contributed by atoms with Gasteiger partial charge in [0.25, 0.3) is 0 Å². The fourth-order valence-corrected chi connectivity index (χ4v) is 8.78. The summed E-state index contributed by atoms with van der Waals surface area (Å²) in [6, 6.07) is 0. The first-order valence-corrected chi connectivity index (χ1v) is 14.2. The molecule has 0 spiro atoms. The summed E-state index contributed by atoms with van der Waals surface area (Å²) in [6.07, 6.45) is 20.5. The summed E-state index contributed by atoms with van der Waals surface area (Å²) in [5.41, 5.74) is 2.46. The third kappa shape index (κ3) is 4.74. The minimum atomic E-state index is 0.00221. The van der Waals surface area contributed by atoms with Crippen molar-refractivity contribution >= 4 is 5.97 Å². The Hall–Kier alpha value is -1.05. The van der Waals surface area contributed by atoms with Crippen LogP contribution in [0.5, 0.6) is 0 Å². The normalized spacial score (nSPS) is 41.3. The van der Waals surface area contributed by atoms with Crippen LogP contribution in [-0.2, 0) is 9.53 Å². The van der Waals surface area contributed by atoms with Crippen LogP contribution in [0.3, 0.4) is 0 Å². The molecule has 8 atom stereocenters. The molecule has 0 N–H and O–H groups in total. The number of esters is 1. The molecule has 2 nitrogen and oxygen atoms in total. The molecule has 33 heavy (non-hydrogen) atoms. The van der Waals surface area contributed by atoms with E-state index in [1.54, 1.807) is 5.57 Å². The summed E-state index contributed by atoms with van der Waals surface area (Å²) in [6.45, 7) is 14.4. The summed E-state index contributed by atoms with van der Waals surface area (Å²) < 4.78 is 5.85. The standard InChI is InChI=1S/C31H50O2/c1-7-9-29(32)33-24-16-18-30(5)23(20-24)12-13-25-27-15-14-26(22(4)11-8-10-21(2)3)31(27,6)19-17-28(25)30/h8,11-12,21-22,24-28H,7,9-10,13-20H2,1-6H3/b11-8-/t22-,24+,25+,26-,27+,28+,30+,31-/m1/s1. The van der Waals surface area contributed by atoms with E-state index in [1.165, 1.54) is 44.9 Å². The fraction of sp³-hybridized carbons (Fsp3) is 0.839. The largest absolute Gasteiger partial charge is 0.462 e. The van der Waals surface area contributed by atoms with E-state index in [2.05, 4.69) is 59.8 Å². The lowest BCUT2D eigenvalue weighted by molar-refractivity contribution is -0.151. The molecular formula is C31H50O2. The smallest absolute Gasteiger partial charge is 0.306 e. The lowest BCUT2D eigenvalue weighted by Gasteiger charge is -2.58. The first-order chi connectivity index (χ1) is 15.7. The second-order valence-electron chi connectivity index (χ2n) is 13.0. The van der Waals surface area contributed by atoms with Crippen LogP contribution in [0.2, 0.25) is 0 Å². The van der Waals surface area contributed by atoms with Crippen molar-refractivity contribution < 1.29 is 9.53 Å². The summed E-state index contributed by atoms with van der Waals surface area (Å²) in [5, 5.41) is 0. The number of hydrogen-bond acceptors (Lipinski definition) is 2. The fourth-order valence-electron chi connectivity index (χ4n) is 8.78. The van der Waals surface area contributed by atoms with Crippen molar-refractivity contribution in [3.8, 4) is 0 Å². The molecule has 0 heterocycles. The van der Waals surface area contributed by atoms with Crippen LogP contribution < -0.4 is 0 Å². The van der Waals surface area contributed by atoms with Crippen molar-refractivity contribution in [1.82, 2.24) is 0 Å². The third-order valence-corrected chi connectivity index (χ3v) is 10.6. The van der Waals surface area contributed by atoms with Gasteiger partial charge in [-0.3, -0.25) is 4.79 Å². The van der Waals surface area contributed by atoms with Gasteiger partial charge in [0.2, 0.25) is 0 Å². The van der Waals surface area contributed by atoms with E-state index in [0.29, 0.717) is 23.2 Å². The Bertz CT molecular complexity index is 763. The number of hydrogen-bond donors (Lipinski definition) is 0. The van der Waals surface area contributed by atoms with E-state index in [0.717, 1.165) is 48.9 Å². The molecular weight excluding hydrogens is 404 g/mol. The van der Waals surface area contributed by atoms with Gasteiger partial charge in [-0.1, -0.05) is 65.3 Å². The maximum Gasteiger partial charge on any atom is 0.306 e. The van der Waals surface area contributed by atoms with Crippen LogP contribution in [0.4, 0.5) is 0 Å². The molecule has 2 heteroatoms. The Labute approximate surface area is 204 Å². The third-order valence-electron chi connectivity index (χ3n) is 10.6. The van der Waals surface area contributed by atoms with Crippen LogP contribution in [0.1, 0.15) is 112 Å². The first-order valence-electron chi connectivity index (χ1n) is 14.2. The van der Waals surface area contributed by atoms with Crippen LogP contribution >= 0.6 is 0 Å². The van der Waals surface area contributed by atoms with Gasteiger partial charge in [0.1, 0.15) is 6.10 Å². The van der Waals surface area contributed by atoms with Gasteiger partial charge in [0, 0.05) is 12.8 Å². The van der Waals surface area contributed by atoms with E-state index < -0.39 is 0 Å². The van der Waals surface area contributed by atoms with Crippen molar-refractivity contribution in [3.05, 3.63) is 23.8 Å². The maximum absolute atomic E-state index is 12.1. The van der Waals surface area contributed by atoms with Crippen LogP contribution in [-0.4, -0.2) is 12.1 Å². The number of carbonyl (C=O) groups excluding carboxylic acids is 1. The van der Waals surface area contributed by atoms with Crippen molar-refractivity contribution in [2.45, 2.75) is 118 Å². The molecule has 4 aliphatic rings. The summed E-state index contributed by atoms with van der Waals surface area (Å²) >= 11 is 0. The summed E-state index contributed by atoms with van der Waals surface area (Å²) in [4.78, 5) is 12.1. The Morgan fingerprint density at radius 2 is 1.91 bits per heavy atom. The van der Waals surface area contributed by atoms with E-state index in [1.807, 2.05) is 0 Å². The highest BCUT2D eigenvalue weighted by molar-refractivity contribution is 5.69. The Kier molecular flexibility index (Phi) is 7.52. The Balaban J connectivity index is 1.46. The highest BCUT2D eigenvalue weighted by atomic mass is 16.5. The van der Waals surface area contributed by atoms with Gasteiger partial charge in [0.05, 0.1) is 0 Å². The number of rotatable bonds is 7. The SMILES string of the molecule is CCCC(=O)O[C@H]1CC[C@@]2(C)C(=CC[C@H]3[C@@H]4CC[C@H]([C@H](C)/C=C\CC(C)C)[C@@]4(C)CC[C@@H]32)C1. The quantitative estimate of drug-likeness (QED) is 0.284. The maximum atomic E-state index is 12.1. The Morgan fingerprint density at radius 1 is 1.12 bits per heavy atom. The summed E-state index contributed by atoms with van der Waals surface area (Å²) in [7, 11) is 0. The zero-order valence-corrected chi connectivity index (χ0v) is 22.4. The molecule has 0 aromatic heterocycles. The molecule has 4 aliphatic carbocycles. The predicted octanol–water partition coefficient (Wildman–Crippen LogP) is 8.52. The molecule has 0 bridgehead atoms. The first kappa shape index (κ1) is 25.1. The van der Waals surface area contributed by atoms with Gasteiger partial charge >= 0.3 is 5.97 Å². The van der Waals surface area contributed by atoms with Gasteiger partial charge in [-0.05, 0) is 104 Å². The average molecular weight is 455 g/mol. The molecule has 0 radical (unpaired) electrons. The van der Waals surface area contributed by atoms with Crippen LogP contribution in [0.25, 0.3) is 0 Å². The van der Waals surface area contributed by atoms with E-state index in [9.17, 15) is 4.79 Å². The monoisotopic (exact) mass is 454 g/mol. The highest BCUT2D eigenvalue weighted by Crippen LogP contribution is 2.67. The molecule has 3 fully saturated rings. The lowest BCUT2D eigenvalue weighted by Crippen LogP contribution is -2.51. The lowest BCUT2D eigenvalue weighted by atomic mass is 9.47. The molecule has 0 amide bonds. The molecule has 0 saturated heterocycles. The molecule has 0 unspecified atom stereocenters. The van der Waals surface area contributed by atoms with E-state index >= 15 is 0 Å². The number of allylic oxidation sites excluding steroid dienone is 3. The molecule has 4 rings (SSSR count). The van der Waals surface area contributed by atoms with Crippen molar-refractivity contribution in [2.75, 3.05) is 0 Å².